The summed E-state index contributed by atoms with van der Waals surface area (Å²) in [6.07, 6.45) is 0. The van der Waals surface area contributed by atoms with Crippen molar-refractivity contribution in [2.45, 2.75) is 38.0 Å². The van der Waals surface area contributed by atoms with Gasteiger partial charge in [0.25, 0.3) is 0 Å². The fraction of sp³-hybridized carbons (Fsp3) is 0.375. The van der Waals surface area contributed by atoms with Crippen molar-refractivity contribution in [3.63, 3.8) is 0 Å². The predicted octanol–water partition coefficient (Wildman–Crippen LogP) is 6.04. The second-order valence-corrected chi connectivity index (χ2v) is 13.2. The van der Waals surface area contributed by atoms with Crippen LogP contribution in [0.15, 0.2) is 71.6 Å². The molecule has 2 amide bonds. The normalized spacial score (nSPS) is 15.5. The fourth-order valence-corrected chi connectivity index (χ4v) is 5.88. The van der Waals surface area contributed by atoms with Crippen LogP contribution in [0, 0.1) is 4.78 Å². The van der Waals surface area contributed by atoms with Crippen LogP contribution in [0.5, 0.6) is 5.75 Å². The van der Waals surface area contributed by atoms with Gasteiger partial charge in [0, 0.05) is 41.9 Å². The van der Waals surface area contributed by atoms with E-state index in [0.29, 0.717) is 23.8 Å². The third-order valence-electron chi connectivity index (χ3n) is 7.30. The number of ether oxygens (including phenoxy) is 2. The minimum atomic E-state index is -3.35. The quantitative estimate of drug-likeness (QED) is 0.197. The van der Waals surface area contributed by atoms with Gasteiger partial charge in [0.2, 0.25) is 0 Å². The third kappa shape index (κ3) is 7.39. The Morgan fingerprint density at radius 3 is 2.41 bits per heavy atom. The van der Waals surface area contributed by atoms with E-state index < -0.39 is 16.0 Å². The number of nitrogens with one attached hydrogen (secondary N) is 3. The molecule has 0 radical (unpaired) electrons. The van der Waals surface area contributed by atoms with Gasteiger partial charge < -0.3 is 14.8 Å². The summed E-state index contributed by atoms with van der Waals surface area (Å²) in [6.45, 7) is 12.7. The van der Waals surface area contributed by atoms with Gasteiger partial charge in [-0.1, -0.05) is 45.0 Å². The number of carbonyl (C=O) groups excluding carboxylic acids is 1. The Morgan fingerprint density at radius 2 is 1.73 bits per heavy atom. The Hall–Kier alpha value is -3.97. The standard InChI is InChI=1S/C32H40N6O5S/c1-5-43-44(33,40)24-12-10-23(11-13-24)38-30(22-29(36-38)32(2,3)4)35-31(39)34-27-14-15-28(26-9-7-6-8-25(26)27)42-21-18-37-16-19-41-20-17-37/h6-15,22,33H,5,16-21H2,1-4H3,(H2,34,35,39). The monoisotopic (exact) mass is 620 g/mol. The molecule has 0 bridgehead atoms. The Kier molecular flexibility index (Phi) is 9.54. The van der Waals surface area contributed by atoms with E-state index in [1.54, 1.807) is 35.9 Å². The first-order valence-electron chi connectivity index (χ1n) is 14.7. The molecule has 5 rings (SSSR count). The molecular weight excluding hydrogens is 580 g/mol. The first-order valence-corrected chi connectivity index (χ1v) is 16.2. The summed E-state index contributed by atoms with van der Waals surface area (Å²) in [5, 5.41) is 12.5. The molecule has 0 aliphatic carbocycles. The zero-order valence-corrected chi connectivity index (χ0v) is 26.4. The van der Waals surface area contributed by atoms with Gasteiger partial charge in [-0.2, -0.15) is 5.10 Å². The molecule has 1 saturated heterocycles. The molecule has 234 valence electrons. The van der Waals surface area contributed by atoms with E-state index >= 15 is 0 Å². The highest BCUT2D eigenvalue weighted by atomic mass is 32.2. The van der Waals surface area contributed by atoms with E-state index in [1.807, 2.05) is 63.2 Å². The van der Waals surface area contributed by atoms with E-state index in [4.69, 9.17) is 23.5 Å². The SMILES string of the molecule is CCOS(=N)(=O)c1ccc(-n2nc(C(C)(C)C)cc2NC(=O)Nc2ccc(OCCN3CCOCC3)c3ccccc23)cc1. The van der Waals surface area contributed by atoms with E-state index in [-0.39, 0.29) is 16.9 Å². The fourth-order valence-electron chi connectivity index (χ4n) is 4.92. The van der Waals surface area contributed by atoms with Crippen molar-refractivity contribution in [1.82, 2.24) is 14.7 Å². The summed E-state index contributed by atoms with van der Waals surface area (Å²) in [5.74, 6) is 1.22. The lowest BCUT2D eigenvalue weighted by atomic mass is 9.92. The number of rotatable bonds is 10. The van der Waals surface area contributed by atoms with Crippen molar-refractivity contribution in [3.8, 4) is 11.4 Å². The summed E-state index contributed by atoms with van der Waals surface area (Å²) in [7, 11) is -3.35. The highest BCUT2D eigenvalue weighted by molar-refractivity contribution is 7.87. The molecular formula is C32H40N6O5S. The Bertz CT molecular complexity index is 1710. The van der Waals surface area contributed by atoms with Gasteiger partial charge in [0.15, 0.2) is 10.0 Å². The van der Waals surface area contributed by atoms with Crippen LogP contribution < -0.4 is 15.4 Å². The molecule has 1 fully saturated rings. The smallest absolute Gasteiger partial charge is 0.324 e. The molecule has 1 aliphatic rings. The molecule has 3 N–H and O–H groups in total. The molecule has 0 spiro atoms. The average molecular weight is 621 g/mol. The number of aromatic nitrogens is 2. The number of hydrogen-bond acceptors (Lipinski definition) is 8. The maximum Gasteiger partial charge on any atom is 0.324 e. The minimum Gasteiger partial charge on any atom is -0.492 e. The molecule has 1 unspecified atom stereocenters. The number of hydrogen-bond donors (Lipinski definition) is 3. The van der Waals surface area contributed by atoms with Crippen LogP contribution in [0.2, 0.25) is 0 Å². The average Bonchev–Trinajstić information content (AvgIpc) is 3.43. The third-order valence-corrected chi connectivity index (χ3v) is 8.76. The van der Waals surface area contributed by atoms with Crippen molar-refractivity contribution >= 4 is 38.3 Å². The molecule has 3 aromatic carbocycles. The summed E-state index contributed by atoms with van der Waals surface area (Å²) in [4.78, 5) is 16.0. The summed E-state index contributed by atoms with van der Waals surface area (Å²) < 4.78 is 38.9. The molecule has 11 nitrogen and oxygen atoms in total. The van der Waals surface area contributed by atoms with E-state index in [1.165, 1.54) is 0 Å². The highest BCUT2D eigenvalue weighted by Gasteiger charge is 2.22. The highest BCUT2D eigenvalue weighted by Crippen LogP contribution is 2.32. The number of morpholine rings is 1. The number of fused-ring (bicyclic) bond motifs is 1. The summed E-state index contributed by atoms with van der Waals surface area (Å²) in [5.41, 5.74) is 1.78. The second kappa shape index (κ2) is 13.3. The van der Waals surface area contributed by atoms with Crippen LogP contribution in [0.1, 0.15) is 33.4 Å². The van der Waals surface area contributed by atoms with Crippen LogP contribution in [-0.4, -0.2) is 71.0 Å². The van der Waals surface area contributed by atoms with Gasteiger partial charge in [-0.15, -0.1) is 0 Å². The maximum atomic E-state index is 13.4. The topological polar surface area (TPSA) is 131 Å². The zero-order valence-electron chi connectivity index (χ0n) is 25.6. The number of nitrogens with zero attached hydrogens (tertiary/aromatic N) is 3. The van der Waals surface area contributed by atoms with Crippen molar-refractivity contribution in [2.24, 2.45) is 0 Å². The van der Waals surface area contributed by atoms with E-state index in [2.05, 4.69) is 15.5 Å². The number of amides is 2. The van der Waals surface area contributed by atoms with Crippen LogP contribution in [0.4, 0.5) is 16.3 Å². The minimum absolute atomic E-state index is 0.168. The van der Waals surface area contributed by atoms with Gasteiger partial charge in [-0.05, 0) is 43.3 Å². The molecule has 44 heavy (non-hydrogen) atoms. The molecule has 0 saturated carbocycles. The zero-order chi connectivity index (χ0) is 31.3. The largest absolute Gasteiger partial charge is 0.492 e. The van der Waals surface area contributed by atoms with Gasteiger partial charge >= 0.3 is 6.03 Å². The summed E-state index contributed by atoms with van der Waals surface area (Å²) >= 11 is 0. The Labute approximate surface area is 258 Å². The summed E-state index contributed by atoms with van der Waals surface area (Å²) in [6, 6.07) is 19.5. The van der Waals surface area contributed by atoms with E-state index in [0.717, 1.165) is 55.1 Å². The van der Waals surface area contributed by atoms with Crippen molar-refractivity contribution in [3.05, 3.63) is 72.4 Å². The molecule has 1 aliphatic heterocycles. The molecule has 1 aromatic heterocycles. The molecule has 1 atom stereocenters. The van der Waals surface area contributed by atoms with Crippen LogP contribution >= 0.6 is 0 Å². The van der Waals surface area contributed by atoms with Gasteiger partial charge in [0.1, 0.15) is 18.2 Å². The van der Waals surface area contributed by atoms with Crippen LogP contribution in [0.3, 0.4) is 0 Å². The van der Waals surface area contributed by atoms with Crippen molar-refractivity contribution < 1.29 is 22.7 Å². The van der Waals surface area contributed by atoms with Gasteiger partial charge in [-0.3, -0.25) is 14.4 Å². The van der Waals surface area contributed by atoms with Crippen LogP contribution in [-0.2, 0) is 24.3 Å². The molecule has 12 heteroatoms. The lowest BCUT2D eigenvalue weighted by Gasteiger charge is -2.26. The van der Waals surface area contributed by atoms with Gasteiger partial charge in [0.05, 0.1) is 41.8 Å². The predicted molar refractivity (Wildman–Crippen MR) is 172 cm³/mol. The molecule has 4 aromatic rings. The van der Waals surface area contributed by atoms with E-state index in [9.17, 15) is 9.00 Å². The number of urea groups is 1. The number of carbonyl (C=O) groups is 1. The number of anilines is 2. The lowest BCUT2D eigenvalue weighted by molar-refractivity contribution is 0.0323. The van der Waals surface area contributed by atoms with Crippen molar-refractivity contribution in [2.75, 3.05) is 56.7 Å². The Balaban J connectivity index is 1.35. The van der Waals surface area contributed by atoms with Crippen molar-refractivity contribution in [1.29, 1.82) is 4.78 Å². The Morgan fingerprint density at radius 1 is 1.02 bits per heavy atom. The second-order valence-electron chi connectivity index (χ2n) is 11.5. The maximum absolute atomic E-state index is 13.4. The lowest BCUT2D eigenvalue weighted by Crippen LogP contribution is -2.38. The van der Waals surface area contributed by atoms with Gasteiger partial charge in [-0.25, -0.2) is 18.5 Å². The first kappa shape index (κ1) is 31.5. The number of benzene rings is 3. The first-order chi connectivity index (χ1) is 21.0. The molecule has 2 heterocycles. The van der Waals surface area contributed by atoms with Crippen LogP contribution in [0.25, 0.3) is 16.5 Å².